The van der Waals surface area contributed by atoms with Gasteiger partial charge < -0.3 is 15.2 Å². The van der Waals surface area contributed by atoms with Crippen molar-refractivity contribution in [1.29, 1.82) is 0 Å². The van der Waals surface area contributed by atoms with E-state index in [2.05, 4.69) is 5.32 Å². The molecule has 1 aromatic rings. The first kappa shape index (κ1) is 11.4. The van der Waals surface area contributed by atoms with Gasteiger partial charge in [-0.2, -0.15) is 0 Å². The number of para-hydroxylation sites is 1. The van der Waals surface area contributed by atoms with Gasteiger partial charge in [0.25, 0.3) is 0 Å². The van der Waals surface area contributed by atoms with E-state index in [1.54, 1.807) is 0 Å². The van der Waals surface area contributed by atoms with Crippen molar-refractivity contribution in [3.05, 3.63) is 30.3 Å². The number of benzene rings is 1. The van der Waals surface area contributed by atoms with Crippen LogP contribution in [0.1, 0.15) is 12.8 Å². The first-order chi connectivity index (χ1) is 7.84. The Kier molecular flexibility index (Phi) is 4.19. The zero-order valence-electron chi connectivity index (χ0n) is 9.43. The Bertz CT molecular complexity index is 298. The van der Waals surface area contributed by atoms with Gasteiger partial charge in [0.1, 0.15) is 18.5 Å². The highest BCUT2D eigenvalue weighted by Gasteiger charge is 2.20. The molecule has 0 unspecified atom stereocenters. The minimum Gasteiger partial charge on any atom is -0.491 e. The third kappa shape index (κ3) is 4.21. The third-order valence-corrected chi connectivity index (χ3v) is 2.70. The Balaban J connectivity index is 1.57. The summed E-state index contributed by atoms with van der Waals surface area (Å²) in [4.78, 5) is 0. The minimum absolute atomic E-state index is 0.349. The summed E-state index contributed by atoms with van der Waals surface area (Å²) in [5.74, 6) is 1.66. The molecule has 2 rings (SSSR count). The topological polar surface area (TPSA) is 41.5 Å². The summed E-state index contributed by atoms with van der Waals surface area (Å²) >= 11 is 0. The van der Waals surface area contributed by atoms with Crippen LogP contribution in [0.25, 0.3) is 0 Å². The van der Waals surface area contributed by atoms with Gasteiger partial charge in [-0.15, -0.1) is 0 Å². The second-order valence-corrected chi connectivity index (χ2v) is 4.38. The Labute approximate surface area is 96.4 Å². The predicted molar refractivity (Wildman–Crippen MR) is 63.5 cm³/mol. The maximum Gasteiger partial charge on any atom is 0.119 e. The summed E-state index contributed by atoms with van der Waals surface area (Å²) in [5, 5.41) is 12.9. The molecule has 1 atom stereocenters. The highest BCUT2D eigenvalue weighted by atomic mass is 16.5. The average Bonchev–Trinajstić information content (AvgIpc) is 3.12. The van der Waals surface area contributed by atoms with Gasteiger partial charge in [0.05, 0.1) is 0 Å². The van der Waals surface area contributed by atoms with Gasteiger partial charge in [-0.25, -0.2) is 0 Å². The fourth-order valence-electron chi connectivity index (χ4n) is 1.54. The monoisotopic (exact) mass is 221 g/mol. The van der Waals surface area contributed by atoms with Crippen molar-refractivity contribution in [3.63, 3.8) is 0 Å². The number of aliphatic hydroxyl groups excluding tert-OH is 1. The fraction of sp³-hybridized carbons (Fsp3) is 0.538. The van der Waals surface area contributed by atoms with E-state index in [0.717, 1.165) is 18.2 Å². The first-order valence-electron chi connectivity index (χ1n) is 5.91. The van der Waals surface area contributed by atoms with Crippen LogP contribution in [0.5, 0.6) is 5.75 Å². The predicted octanol–water partition coefficient (Wildman–Crippen LogP) is 1.43. The maximum atomic E-state index is 9.66. The van der Waals surface area contributed by atoms with Crippen molar-refractivity contribution in [2.75, 3.05) is 19.7 Å². The standard InChI is InChI=1S/C13H19NO2/c15-12(9-14-8-11-6-7-11)10-16-13-4-2-1-3-5-13/h1-5,11-12,14-15H,6-10H2/t12-/m0/s1. The van der Waals surface area contributed by atoms with Crippen LogP contribution < -0.4 is 10.1 Å². The molecule has 16 heavy (non-hydrogen) atoms. The SMILES string of the molecule is O[C@@H](CNCC1CC1)COc1ccccc1. The van der Waals surface area contributed by atoms with Crippen molar-refractivity contribution in [1.82, 2.24) is 5.32 Å². The van der Waals surface area contributed by atoms with Gasteiger partial charge in [-0.3, -0.25) is 0 Å². The summed E-state index contributed by atoms with van der Waals surface area (Å²) in [6, 6.07) is 9.58. The van der Waals surface area contributed by atoms with Gasteiger partial charge in [0.2, 0.25) is 0 Å². The molecule has 0 saturated heterocycles. The van der Waals surface area contributed by atoms with Crippen LogP contribution in [0, 0.1) is 5.92 Å². The van der Waals surface area contributed by atoms with Crippen molar-refractivity contribution < 1.29 is 9.84 Å². The molecule has 88 valence electrons. The van der Waals surface area contributed by atoms with Crippen molar-refractivity contribution in [2.24, 2.45) is 5.92 Å². The lowest BCUT2D eigenvalue weighted by Crippen LogP contribution is -2.32. The van der Waals surface area contributed by atoms with Crippen LogP contribution in [0.4, 0.5) is 0 Å². The van der Waals surface area contributed by atoms with Crippen LogP contribution in [-0.2, 0) is 0 Å². The molecule has 0 bridgehead atoms. The summed E-state index contributed by atoms with van der Waals surface area (Å²) in [7, 11) is 0. The molecule has 0 aliphatic heterocycles. The second-order valence-electron chi connectivity index (χ2n) is 4.38. The second kappa shape index (κ2) is 5.87. The van der Waals surface area contributed by atoms with Gasteiger partial charge >= 0.3 is 0 Å². The van der Waals surface area contributed by atoms with Crippen LogP contribution in [0.15, 0.2) is 30.3 Å². The lowest BCUT2D eigenvalue weighted by Gasteiger charge is -2.12. The molecule has 1 fully saturated rings. The molecular formula is C13H19NO2. The Morgan fingerprint density at radius 2 is 2.06 bits per heavy atom. The van der Waals surface area contributed by atoms with E-state index in [-0.39, 0.29) is 0 Å². The number of aliphatic hydroxyl groups is 1. The largest absolute Gasteiger partial charge is 0.491 e. The molecule has 0 radical (unpaired) electrons. The van der Waals surface area contributed by atoms with Crippen LogP contribution >= 0.6 is 0 Å². The maximum absolute atomic E-state index is 9.66. The molecule has 1 aromatic carbocycles. The first-order valence-corrected chi connectivity index (χ1v) is 5.91. The quantitative estimate of drug-likeness (QED) is 0.732. The third-order valence-electron chi connectivity index (χ3n) is 2.70. The van der Waals surface area contributed by atoms with E-state index in [9.17, 15) is 5.11 Å². The highest BCUT2D eigenvalue weighted by molar-refractivity contribution is 5.20. The summed E-state index contributed by atoms with van der Waals surface area (Å²) in [5.41, 5.74) is 0. The molecule has 0 amide bonds. The number of nitrogens with one attached hydrogen (secondary N) is 1. The number of ether oxygens (including phenoxy) is 1. The van der Waals surface area contributed by atoms with Crippen molar-refractivity contribution in [2.45, 2.75) is 18.9 Å². The molecule has 2 N–H and O–H groups in total. The minimum atomic E-state index is -0.432. The van der Waals surface area contributed by atoms with Gasteiger partial charge in [-0.05, 0) is 37.4 Å². The van der Waals surface area contributed by atoms with E-state index in [1.807, 2.05) is 30.3 Å². The summed E-state index contributed by atoms with van der Waals surface area (Å²) < 4.78 is 5.45. The number of rotatable bonds is 7. The average molecular weight is 221 g/mol. The van der Waals surface area contributed by atoms with E-state index in [1.165, 1.54) is 12.8 Å². The van der Waals surface area contributed by atoms with Crippen molar-refractivity contribution >= 4 is 0 Å². The van der Waals surface area contributed by atoms with E-state index >= 15 is 0 Å². The molecule has 3 heteroatoms. The van der Waals surface area contributed by atoms with E-state index in [4.69, 9.17) is 4.74 Å². The lowest BCUT2D eigenvalue weighted by molar-refractivity contribution is 0.106. The normalized spacial score (nSPS) is 17.1. The molecule has 0 aromatic heterocycles. The zero-order chi connectivity index (χ0) is 11.2. The molecule has 3 nitrogen and oxygen atoms in total. The zero-order valence-corrected chi connectivity index (χ0v) is 9.43. The van der Waals surface area contributed by atoms with Gasteiger partial charge in [-0.1, -0.05) is 18.2 Å². The molecule has 1 aliphatic rings. The van der Waals surface area contributed by atoms with Gasteiger partial charge in [0, 0.05) is 6.54 Å². The van der Waals surface area contributed by atoms with E-state index in [0.29, 0.717) is 13.2 Å². The van der Waals surface area contributed by atoms with Crippen LogP contribution in [0.3, 0.4) is 0 Å². The smallest absolute Gasteiger partial charge is 0.119 e. The van der Waals surface area contributed by atoms with Crippen LogP contribution in [-0.4, -0.2) is 30.9 Å². The Hall–Kier alpha value is -1.06. The molecule has 1 aliphatic carbocycles. The van der Waals surface area contributed by atoms with E-state index < -0.39 is 6.10 Å². The Morgan fingerprint density at radius 1 is 1.31 bits per heavy atom. The highest BCUT2D eigenvalue weighted by Crippen LogP contribution is 2.27. The van der Waals surface area contributed by atoms with Crippen LogP contribution in [0.2, 0.25) is 0 Å². The molecule has 1 saturated carbocycles. The van der Waals surface area contributed by atoms with Crippen molar-refractivity contribution in [3.8, 4) is 5.75 Å². The fourth-order valence-corrected chi connectivity index (χ4v) is 1.54. The molecule has 0 heterocycles. The summed E-state index contributed by atoms with van der Waals surface area (Å²) in [6.45, 7) is 1.99. The summed E-state index contributed by atoms with van der Waals surface area (Å²) in [6.07, 6.45) is 2.24. The molecule has 0 spiro atoms. The number of hydrogen-bond acceptors (Lipinski definition) is 3. The van der Waals surface area contributed by atoms with Gasteiger partial charge in [0.15, 0.2) is 0 Å². The number of hydrogen-bond donors (Lipinski definition) is 2. The molecular weight excluding hydrogens is 202 g/mol. The lowest BCUT2D eigenvalue weighted by atomic mass is 10.3. The Morgan fingerprint density at radius 3 is 2.75 bits per heavy atom.